The predicted octanol–water partition coefficient (Wildman–Crippen LogP) is 0.935. The topological polar surface area (TPSA) is 162 Å². The summed E-state index contributed by atoms with van der Waals surface area (Å²) in [6.07, 6.45) is 0.245. The summed E-state index contributed by atoms with van der Waals surface area (Å²) in [5, 5.41) is 16.9. The minimum atomic E-state index is -1.03. The zero-order chi connectivity index (χ0) is 23.1. The fourth-order valence-electron chi connectivity index (χ4n) is 2.35. The average Bonchev–Trinajstić information content (AvgIpc) is 2.77. The number of hydrogen-bond acceptors (Lipinski definition) is 7. The van der Waals surface area contributed by atoms with Gasteiger partial charge in [0, 0.05) is 17.7 Å². The Hall–Kier alpha value is -3.11. The zero-order valence-electron chi connectivity index (χ0n) is 17.1. The summed E-state index contributed by atoms with van der Waals surface area (Å²) in [5.41, 5.74) is 12.6. The average molecular weight is 432 g/mol. The number of carbonyl (C=O) groups excluding carboxylic acids is 1. The molecule has 0 fully saturated rings. The van der Waals surface area contributed by atoms with Crippen LogP contribution in [0.25, 0.3) is 0 Å². The fraction of sp³-hybridized carbons (Fsp3) is 0.318. The van der Waals surface area contributed by atoms with Crippen molar-refractivity contribution in [1.82, 2.24) is 0 Å². The molecule has 31 heavy (non-hydrogen) atoms. The minimum Gasteiger partial charge on any atom is -0.480 e. The van der Waals surface area contributed by atoms with Gasteiger partial charge in [0.05, 0.1) is 19.8 Å². The first kappa shape index (κ1) is 25.9. The summed E-state index contributed by atoms with van der Waals surface area (Å²) < 4.78 is 9.60. The molecule has 0 heterocycles. The molecule has 9 heteroatoms. The molecule has 0 unspecified atom stereocenters. The molecule has 168 valence electrons. The van der Waals surface area contributed by atoms with Gasteiger partial charge in [-0.1, -0.05) is 54.6 Å². The molecule has 0 radical (unpaired) electrons. The van der Waals surface area contributed by atoms with Crippen LogP contribution in [0.2, 0.25) is 0 Å². The second-order valence-corrected chi connectivity index (χ2v) is 6.39. The lowest BCUT2D eigenvalue weighted by Gasteiger charge is -2.07. The number of carboxylic acids is 2. The molecule has 0 saturated carbocycles. The van der Waals surface area contributed by atoms with Crippen LogP contribution in [-0.2, 0) is 25.5 Å². The SMILES string of the molecule is NCCOCCOCC(=O)O.N[C@@H](Cc1ccc(C(=O)c2ccccc2)cc1)C(=O)O. The second-order valence-electron chi connectivity index (χ2n) is 6.39. The summed E-state index contributed by atoms with van der Waals surface area (Å²) in [7, 11) is 0. The highest BCUT2D eigenvalue weighted by Gasteiger charge is 2.13. The quantitative estimate of drug-likeness (QED) is 0.282. The molecule has 0 aromatic heterocycles. The van der Waals surface area contributed by atoms with Gasteiger partial charge in [-0.25, -0.2) is 4.79 Å². The third kappa shape index (κ3) is 11.0. The van der Waals surface area contributed by atoms with E-state index in [1.807, 2.05) is 18.2 Å². The number of nitrogens with two attached hydrogens (primary N) is 2. The van der Waals surface area contributed by atoms with E-state index in [0.29, 0.717) is 37.5 Å². The van der Waals surface area contributed by atoms with Crippen molar-refractivity contribution in [3.63, 3.8) is 0 Å². The van der Waals surface area contributed by atoms with Crippen LogP contribution in [0.15, 0.2) is 54.6 Å². The Kier molecular flexibility index (Phi) is 12.4. The summed E-state index contributed by atoms with van der Waals surface area (Å²) >= 11 is 0. The number of ether oxygens (including phenoxy) is 2. The fourth-order valence-corrected chi connectivity index (χ4v) is 2.35. The first-order valence-electron chi connectivity index (χ1n) is 9.59. The number of benzene rings is 2. The Bertz CT molecular complexity index is 810. The van der Waals surface area contributed by atoms with Gasteiger partial charge in [0.2, 0.25) is 0 Å². The maximum absolute atomic E-state index is 12.2. The lowest BCUT2D eigenvalue weighted by molar-refractivity contribution is -0.142. The van der Waals surface area contributed by atoms with Gasteiger partial charge in [-0.15, -0.1) is 0 Å². The van der Waals surface area contributed by atoms with Crippen molar-refractivity contribution in [2.24, 2.45) is 11.5 Å². The summed E-state index contributed by atoms with van der Waals surface area (Å²) in [6.45, 7) is 1.37. The van der Waals surface area contributed by atoms with E-state index in [4.69, 9.17) is 26.4 Å². The van der Waals surface area contributed by atoms with Crippen molar-refractivity contribution in [2.45, 2.75) is 12.5 Å². The number of carbonyl (C=O) groups is 3. The monoisotopic (exact) mass is 432 g/mol. The molecule has 2 rings (SSSR count). The van der Waals surface area contributed by atoms with Crippen molar-refractivity contribution >= 4 is 17.7 Å². The van der Waals surface area contributed by atoms with E-state index < -0.39 is 18.0 Å². The molecule has 0 aliphatic heterocycles. The Labute approximate surface area is 180 Å². The molecule has 0 bridgehead atoms. The highest BCUT2D eigenvalue weighted by Crippen LogP contribution is 2.12. The van der Waals surface area contributed by atoms with Gasteiger partial charge in [-0.05, 0) is 12.0 Å². The van der Waals surface area contributed by atoms with Crippen molar-refractivity contribution in [3.8, 4) is 0 Å². The molecule has 2 aromatic carbocycles. The third-order valence-electron chi connectivity index (χ3n) is 3.88. The Morgan fingerprint density at radius 1 is 0.839 bits per heavy atom. The number of ketones is 1. The largest absolute Gasteiger partial charge is 0.480 e. The van der Waals surface area contributed by atoms with Crippen molar-refractivity contribution in [2.75, 3.05) is 33.0 Å². The molecule has 6 N–H and O–H groups in total. The molecule has 2 aromatic rings. The lowest BCUT2D eigenvalue weighted by Crippen LogP contribution is -2.32. The van der Waals surface area contributed by atoms with Crippen LogP contribution in [-0.4, -0.2) is 66.9 Å². The molecule has 0 aliphatic carbocycles. The van der Waals surface area contributed by atoms with Crippen LogP contribution < -0.4 is 11.5 Å². The van der Waals surface area contributed by atoms with Crippen LogP contribution in [0.5, 0.6) is 0 Å². The molecule has 0 saturated heterocycles. The Morgan fingerprint density at radius 2 is 1.42 bits per heavy atom. The Balaban J connectivity index is 0.000000373. The van der Waals surface area contributed by atoms with Gasteiger partial charge in [0.15, 0.2) is 5.78 Å². The molecule has 1 atom stereocenters. The van der Waals surface area contributed by atoms with Gasteiger partial charge in [0.1, 0.15) is 12.6 Å². The van der Waals surface area contributed by atoms with E-state index in [9.17, 15) is 14.4 Å². The van der Waals surface area contributed by atoms with Crippen LogP contribution >= 0.6 is 0 Å². The minimum absolute atomic E-state index is 0.0558. The van der Waals surface area contributed by atoms with Crippen molar-refractivity contribution < 1.29 is 34.1 Å². The van der Waals surface area contributed by atoms with Gasteiger partial charge >= 0.3 is 11.9 Å². The smallest absolute Gasteiger partial charge is 0.329 e. The molecule has 9 nitrogen and oxygen atoms in total. The molecular formula is C22H28N2O7. The Morgan fingerprint density at radius 3 is 1.97 bits per heavy atom. The van der Waals surface area contributed by atoms with Gasteiger partial charge in [-0.3, -0.25) is 9.59 Å². The van der Waals surface area contributed by atoms with Crippen molar-refractivity contribution in [3.05, 3.63) is 71.3 Å². The number of hydrogen-bond donors (Lipinski definition) is 4. The predicted molar refractivity (Wildman–Crippen MR) is 114 cm³/mol. The first-order chi connectivity index (χ1) is 14.8. The maximum atomic E-state index is 12.2. The van der Waals surface area contributed by atoms with Crippen LogP contribution in [0, 0.1) is 0 Å². The standard InChI is InChI=1S/C16H15NO3.C6H13NO4/c17-14(16(19)20)10-11-6-8-13(9-7-11)15(18)12-4-2-1-3-5-12;7-1-2-10-3-4-11-5-6(8)9/h1-9,14H,10,17H2,(H,19,20);1-5,7H2,(H,8,9)/t14-;/m0./s1. The summed E-state index contributed by atoms with van der Waals surface area (Å²) in [4.78, 5) is 32.8. The van der Waals surface area contributed by atoms with Gasteiger partial charge in [0.25, 0.3) is 0 Å². The third-order valence-corrected chi connectivity index (χ3v) is 3.88. The number of carboxylic acid groups (broad SMARTS) is 2. The maximum Gasteiger partial charge on any atom is 0.329 e. The highest BCUT2D eigenvalue weighted by molar-refractivity contribution is 6.08. The number of rotatable bonds is 12. The molecule has 0 spiro atoms. The van der Waals surface area contributed by atoms with E-state index >= 15 is 0 Å². The van der Waals surface area contributed by atoms with Gasteiger partial charge < -0.3 is 31.2 Å². The lowest BCUT2D eigenvalue weighted by atomic mass is 10.00. The molecule has 0 aliphatic rings. The summed E-state index contributed by atoms with van der Waals surface area (Å²) in [6, 6.07) is 14.9. The van der Waals surface area contributed by atoms with Crippen LogP contribution in [0.1, 0.15) is 21.5 Å². The van der Waals surface area contributed by atoms with E-state index in [1.165, 1.54) is 0 Å². The van der Waals surface area contributed by atoms with Crippen molar-refractivity contribution in [1.29, 1.82) is 0 Å². The van der Waals surface area contributed by atoms with Crippen LogP contribution in [0.4, 0.5) is 0 Å². The van der Waals surface area contributed by atoms with Crippen LogP contribution in [0.3, 0.4) is 0 Å². The number of aliphatic carboxylic acids is 2. The first-order valence-corrected chi connectivity index (χ1v) is 9.59. The van der Waals surface area contributed by atoms with E-state index in [0.717, 1.165) is 5.56 Å². The van der Waals surface area contributed by atoms with E-state index in [2.05, 4.69) is 4.74 Å². The highest BCUT2D eigenvalue weighted by atomic mass is 16.5. The van der Waals surface area contributed by atoms with E-state index in [1.54, 1.807) is 36.4 Å². The zero-order valence-corrected chi connectivity index (χ0v) is 17.1. The van der Waals surface area contributed by atoms with E-state index in [-0.39, 0.29) is 18.8 Å². The molecular weight excluding hydrogens is 404 g/mol. The molecule has 0 amide bonds. The normalized spacial score (nSPS) is 11.2. The van der Waals surface area contributed by atoms with Gasteiger partial charge in [-0.2, -0.15) is 0 Å². The second kappa shape index (κ2) is 14.8. The summed E-state index contributed by atoms with van der Waals surface area (Å²) in [5.74, 6) is -2.06.